The van der Waals surface area contributed by atoms with Crippen LogP contribution in [0, 0.1) is 0 Å². The molecule has 3 heteroatoms. The second kappa shape index (κ2) is 16.6. The third-order valence-corrected chi connectivity index (χ3v) is 16.2. The van der Waals surface area contributed by atoms with E-state index in [9.17, 15) is 0 Å². The summed E-state index contributed by atoms with van der Waals surface area (Å²) < 4.78 is 5.49. The van der Waals surface area contributed by atoms with E-state index in [1.54, 1.807) is 0 Å². The number of nitrogens with one attached hydrogen (secondary N) is 1. The van der Waals surface area contributed by atoms with Gasteiger partial charge in [0.2, 0.25) is 0 Å². The molecule has 1 nitrogen and oxygen atoms in total. The summed E-state index contributed by atoms with van der Waals surface area (Å²) in [6.45, 7) is 8.00. The molecule has 3 aromatic heterocycles. The van der Waals surface area contributed by atoms with Gasteiger partial charge in [0, 0.05) is 62.2 Å². The van der Waals surface area contributed by atoms with Crippen LogP contribution < -0.4 is 0 Å². The zero-order valence-corrected chi connectivity index (χ0v) is 38.5. The van der Waals surface area contributed by atoms with Gasteiger partial charge in [0.15, 0.2) is 0 Å². The van der Waals surface area contributed by atoms with Crippen LogP contribution in [0.2, 0.25) is 0 Å². The highest BCUT2D eigenvalue weighted by molar-refractivity contribution is 7.27. The van der Waals surface area contributed by atoms with E-state index in [0.717, 1.165) is 0 Å². The Morgan fingerprint density at radius 3 is 1.00 bits per heavy atom. The maximum atomic E-state index is 3.75. The lowest BCUT2D eigenvalue weighted by Crippen LogP contribution is -2.02. The van der Waals surface area contributed by atoms with Gasteiger partial charge in [-0.2, -0.15) is 0 Å². The normalized spacial score (nSPS) is 13.5. The third-order valence-electron chi connectivity index (χ3n) is 13.6. The van der Waals surface area contributed by atoms with Crippen LogP contribution in [0.25, 0.3) is 107 Å². The molecule has 1 N–H and O–H groups in total. The molecule has 0 saturated carbocycles. The summed E-state index contributed by atoms with van der Waals surface area (Å²) >= 11 is 3.91. The van der Waals surface area contributed by atoms with E-state index in [-0.39, 0.29) is 0 Å². The average molecular weight is 852 g/mol. The molecule has 0 bridgehead atoms. The summed E-state index contributed by atoms with van der Waals surface area (Å²) in [5, 5.41) is 7.93. The van der Waals surface area contributed by atoms with Gasteiger partial charge in [-0.05, 0) is 142 Å². The molecular weight excluding hydrogens is 799 g/mol. The first kappa shape index (κ1) is 39.8. The van der Waals surface area contributed by atoms with Gasteiger partial charge in [-0.15, -0.1) is 22.7 Å². The number of aryl methyl sites for hydroxylation is 4. The zero-order chi connectivity index (χ0) is 42.6. The van der Waals surface area contributed by atoms with E-state index < -0.39 is 0 Å². The molecular formula is C60H53NS2. The van der Waals surface area contributed by atoms with Crippen LogP contribution in [-0.2, 0) is 25.7 Å². The van der Waals surface area contributed by atoms with Crippen molar-refractivity contribution >= 4 is 84.8 Å². The Morgan fingerprint density at radius 2 is 0.635 bits per heavy atom. The number of aromatic amines is 1. The van der Waals surface area contributed by atoms with Crippen molar-refractivity contribution in [2.24, 2.45) is 0 Å². The first-order valence-corrected chi connectivity index (χ1v) is 25.0. The van der Waals surface area contributed by atoms with Gasteiger partial charge in [-0.25, -0.2) is 0 Å². The van der Waals surface area contributed by atoms with Gasteiger partial charge in [0.1, 0.15) is 0 Å². The fraction of sp³-hybridized carbons (Fsp3) is 0.200. The first-order chi connectivity index (χ1) is 31.2. The van der Waals surface area contributed by atoms with Crippen molar-refractivity contribution in [1.82, 2.24) is 4.98 Å². The molecule has 63 heavy (non-hydrogen) atoms. The van der Waals surface area contributed by atoms with Gasteiger partial charge in [-0.1, -0.05) is 149 Å². The SMILES string of the molecule is CC.CC.c1cc(-c2ccc3c(c2)CCCC3)c2sc3c(-c4ccc5[nH]c6ccc(-c7cccc8c7sc7c(-c9ccc%10c(c9)CCCC%10)cccc78)cc6c5c4)cccc3c2c1. The molecule has 0 atom stereocenters. The Morgan fingerprint density at radius 1 is 0.317 bits per heavy atom. The lowest BCUT2D eigenvalue weighted by atomic mass is 9.89. The van der Waals surface area contributed by atoms with E-state index in [2.05, 4.69) is 151 Å². The molecule has 0 fully saturated rings. The van der Waals surface area contributed by atoms with Crippen molar-refractivity contribution in [3.63, 3.8) is 0 Å². The number of H-pyrrole nitrogens is 1. The molecule has 11 aromatic rings. The Balaban J connectivity index is 0.00000108. The molecule has 3 heterocycles. The van der Waals surface area contributed by atoms with Crippen LogP contribution in [0.4, 0.5) is 0 Å². The van der Waals surface area contributed by atoms with Crippen LogP contribution in [0.15, 0.2) is 146 Å². The standard InChI is InChI=1S/C56H41NS2.2C2H6/c1-3-11-35-29-37(23-21-33(35)9-1)41-13-5-17-45-47-19-7-15-43(55(47)58-53(41)45)39-25-27-51-49(31-39)50-32-40(26-28-52(50)57-51)44-16-8-20-48-46-18-6-14-42(54(46)59-56(44)48)38-24-22-34-10-2-4-12-36(34)30-38;2*1-2/h5-8,13-32,57H,1-4,9-12H2;2*1-2H3. The van der Waals surface area contributed by atoms with Crippen LogP contribution in [-0.4, -0.2) is 4.98 Å². The minimum Gasteiger partial charge on any atom is -0.355 e. The van der Waals surface area contributed by atoms with Crippen molar-refractivity contribution in [3.8, 4) is 44.5 Å². The van der Waals surface area contributed by atoms with E-state index in [0.29, 0.717) is 0 Å². The maximum Gasteiger partial charge on any atom is 0.0465 e. The Bertz CT molecular complexity index is 3290. The number of benzene rings is 8. The largest absolute Gasteiger partial charge is 0.355 e. The smallest absolute Gasteiger partial charge is 0.0465 e. The van der Waals surface area contributed by atoms with Gasteiger partial charge in [0.05, 0.1) is 0 Å². The molecule has 310 valence electrons. The molecule has 2 aliphatic rings. The fourth-order valence-corrected chi connectivity index (χ4v) is 13.3. The summed E-state index contributed by atoms with van der Waals surface area (Å²) in [7, 11) is 0. The highest BCUT2D eigenvalue weighted by Crippen LogP contribution is 2.47. The van der Waals surface area contributed by atoms with Gasteiger partial charge < -0.3 is 4.98 Å². The highest BCUT2D eigenvalue weighted by atomic mass is 32.1. The summed E-state index contributed by atoms with van der Waals surface area (Å²) in [6.07, 6.45) is 10.1. The van der Waals surface area contributed by atoms with Crippen molar-refractivity contribution in [1.29, 1.82) is 0 Å². The summed E-state index contributed by atoms with van der Waals surface area (Å²) in [5.41, 5.74) is 19.0. The number of aromatic nitrogens is 1. The molecule has 0 aliphatic heterocycles. The molecule has 0 amide bonds. The van der Waals surface area contributed by atoms with Gasteiger partial charge in [-0.3, -0.25) is 0 Å². The van der Waals surface area contributed by atoms with E-state index in [4.69, 9.17) is 0 Å². The number of fused-ring (bicyclic) bond motifs is 11. The van der Waals surface area contributed by atoms with Crippen LogP contribution in [0.1, 0.15) is 75.6 Å². The molecule has 0 radical (unpaired) electrons. The van der Waals surface area contributed by atoms with E-state index >= 15 is 0 Å². The minimum absolute atomic E-state index is 1.17. The first-order valence-electron chi connectivity index (χ1n) is 23.4. The number of thiophene rings is 2. The molecule has 13 rings (SSSR count). The maximum absolute atomic E-state index is 3.75. The van der Waals surface area contributed by atoms with Crippen LogP contribution in [0.5, 0.6) is 0 Å². The molecule has 2 aliphatic carbocycles. The lowest BCUT2D eigenvalue weighted by molar-refractivity contribution is 0.686. The lowest BCUT2D eigenvalue weighted by Gasteiger charge is -2.17. The second-order valence-corrected chi connectivity index (χ2v) is 19.0. The summed E-state index contributed by atoms with van der Waals surface area (Å²) in [5.74, 6) is 0. The van der Waals surface area contributed by atoms with Crippen LogP contribution in [0.3, 0.4) is 0 Å². The number of hydrogen-bond donors (Lipinski definition) is 1. The predicted octanol–water partition coefficient (Wildman–Crippen LogP) is 18.5. The third kappa shape index (κ3) is 6.71. The Kier molecular flexibility index (Phi) is 10.5. The topological polar surface area (TPSA) is 15.8 Å². The number of rotatable bonds is 4. The van der Waals surface area contributed by atoms with Gasteiger partial charge in [0.25, 0.3) is 0 Å². The molecule has 0 saturated heterocycles. The second-order valence-electron chi connectivity index (χ2n) is 17.0. The fourth-order valence-electron chi connectivity index (χ4n) is 10.6. The Hall–Kier alpha value is -6.00. The minimum atomic E-state index is 1.17. The Labute approximate surface area is 379 Å². The van der Waals surface area contributed by atoms with E-state index in [1.165, 1.54) is 180 Å². The van der Waals surface area contributed by atoms with Gasteiger partial charge >= 0.3 is 0 Å². The van der Waals surface area contributed by atoms with Crippen molar-refractivity contribution in [2.75, 3.05) is 0 Å². The average Bonchev–Trinajstić information content (AvgIpc) is 4.06. The highest BCUT2D eigenvalue weighted by Gasteiger charge is 2.19. The molecule has 0 unspecified atom stereocenters. The monoisotopic (exact) mass is 851 g/mol. The summed E-state index contributed by atoms with van der Waals surface area (Å²) in [4.78, 5) is 3.75. The van der Waals surface area contributed by atoms with Crippen molar-refractivity contribution in [3.05, 3.63) is 168 Å². The zero-order valence-electron chi connectivity index (χ0n) is 36.8. The van der Waals surface area contributed by atoms with Crippen molar-refractivity contribution < 1.29 is 0 Å². The number of hydrogen-bond acceptors (Lipinski definition) is 2. The summed E-state index contributed by atoms with van der Waals surface area (Å²) in [6, 6.07) is 56.0. The quantitative estimate of drug-likeness (QED) is 0.182. The molecule has 8 aromatic carbocycles. The molecule has 0 spiro atoms. The van der Waals surface area contributed by atoms with Crippen molar-refractivity contribution in [2.45, 2.75) is 79.1 Å². The van der Waals surface area contributed by atoms with Crippen LogP contribution >= 0.6 is 22.7 Å². The van der Waals surface area contributed by atoms with E-state index in [1.807, 2.05) is 50.4 Å². The predicted molar refractivity (Wildman–Crippen MR) is 279 cm³/mol.